The lowest BCUT2D eigenvalue weighted by atomic mass is 10.3. The predicted molar refractivity (Wildman–Crippen MR) is 118 cm³/mol. The molecule has 0 amide bonds. The molecule has 0 saturated carbocycles. The summed E-state index contributed by atoms with van der Waals surface area (Å²) in [7, 11) is -4.32. The molecule has 0 bridgehead atoms. The van der Waals surface area contributed by atoms with Crippen molar-refractivity contribution in [1.82, 2.24) is 0 Å². The van der Waals surface area contributed by atoms with Gasteiger partial charge in [0.05, 0.1) is 13.2 Å². The van der Waals surface area contributed by atoms with E-state index < -0.39 is 21.5 Å². The average molecular weight is 479 g/mol. The number of carbonyl (C=O) groups excluding carboxylic acids is 3. The van der Waals surface area contributed by atoms with E-state index in [4.69, 9.17) is 18.8 Å². The van der Waals surface area contributed by atoms with E-state index in [1.54, 1.807) is 13.8 Å². The van der Waals surface area contributed by atoms with E-state index in [0.29, 0.717) is 31.0 Å². The summed E-state index contributed by atoms with van der Waals surface area (Å²) >= 11 is 0. The number of hydrogen-bond acceptors (Lipinski definition) is 9. The van der Waals surface area contributed by atoms with Gasteiger partial charge in [-0.2, -0.15) is 8.42 Å². The Morgan fingerprint density at radius 1 is 1.00 bits per heavy atom. The second-order valence-corrected chi connectivity index (χ2v) is 8.57. The van der Waals surface area contributed by atoms with E-state index in [-0.39, 0.29) is 23.6 Å². The van der Waals surface area contributed by atoms with E-state index in [1.165, 1.54) is 6.92 Å². The van der Waals surface area contributed by atoms with Crippen LogP contribution in [-0.4, -0.2) is 62.2 Å². The van der Waals surface area contributed by atoms with Gasteiger partial charge in [0.15, 0.2) is 0 Å². The Kier molecular flexibility index (Phi) is 16.0. The lowest BCUT2D eigenvalue weighted by Gasteiger charge is -2.08. The van der Waals surface area contributed by atoms with E-state index in [1.807, 2.05) is 0 Å². The molecule has 32 heavy (non-hydrogen) atoms. The molecule has 184 valence electrons. The van der Waals surface area contributed by atoms with Crippen molar-refractivity contribution in [3.8, 4) is 0 Å². The average Bonchev–Trinajstić information content (AvgIpc) is 3.50. The first kappa shape index (κ1) is 31.7. The Bertz CT molecular complexity index is 778. The second-order valence-electron chi connectivity index (χ2n) is 6.87. The van der Waals surface area contributed by atoms with Crippen LogP contribution in [0.15, 0.2) is 36.5 Å². The van der Waals surface area contributed by atoms with Crippen LogP contribution in [0.25, 0.3) is 0 Å². The van der Waals surface area contributed by atoms with E-state index in [2.05, 4.69) is 31.4 Å². The third-order valence-electron chi connectivity index (χ3n) is 3.27. The van der Waals surface area contributed by atoms with Gasteiger partial charge in [0.1, 0.15) is 12.7 Å². The van der Waals surface area contributed by atoms with Gasteiger partial charge in [0.2, 0.25) is 5.44 Å². The van der Waals surface area contributed by atoms with Gasteiger partial charge in [-0.3, -0.25) is 4.55 Å². The fraction of sp³-hybridized carbons (Fsp3) is 0.571. The number of ether oxygens (including phenoxy) is 4. The molecule has 2 unspecified atom stereocenters. The van der Waals surface area contributed by atoms with Crippen LogP contribution in [-0.2, 0) is 43.4 Å². The minimum Gasteiger partial charge on any atom is -0.462 e. The number of hydrogen-bond donors (Lipinski definition) is 1. The third-order valence-corrected chi connectivity index (χ3v) is 4.21. The third kappa shape index (κ3) is 18.3. The molecular weight excluding hydrogens is 444 g/mol. The summed E-state index contributed by atoms with van der Waals surface area (Å²) in [6.45, 7) is 19.5. The first-order chi connectivity index (χ1) is 14.6. The standard InChI is InChI=1S/C8H14O2.C7H10O3.C6H10O5S/c1-4-5-6-10-8(9)7(2)3;1-5(2)7(8)10-4-6-3-9-6;1-4(2)6(7)11-5(3)12(8,9)10/h2,4-6H2,1,3H3;6H,1,3-4H2,2H3;5H,1H2,2-3H3,(H,8,9,10). The molecule has 1 aliphatic rings. The van der Waals surface area contributed by atoms with Gasteiger partial charge in [0.25, 0.3) is 0 Å². The van der Waals surface area contributed by atoms with Gasteiger partial charge < -0.3 is 18.9 Å². The van der Waals surface area contributed by atoms with Crippen molar-refractivity contribution in [2.45, 2.75) is 59.0 Å². The summed E-state index contributed by atoms with van der Waals surface area (Å²) in [6, 6.07) is 0. The number of esters is 3. The quantitative estimate of drug-likeness (QED) is 0.124. The van der Waals surface area contributed by atoms with Crippen LogP contribution < -0.4 is 0 Å². The van der Waals surface area contributed by atoms with Crippen LogP contribution in [0.3, 0.4) is 0 Å². The molecule has 1 fully saturated rings. The van der Waals surface area contributed by atoms with Crippen molar-refractivity contribution < 1.29 is 46.3 Å². The van der Waals surface area contributed by atoms with Crippen molar-refractivity contribution in [2.75, 3.05) is 19.8 Å². The monoisotopic (exact) mass is 478 g/mol. The minimum absolute atomic E-state index is 0.0745. The van der Waals surface area contributed by atoms with E-state index >= 15 is 0 Å². The Balaban J connectivity index is 0. The highest BCUT2D eigenvalue weighted by atomic mass is 32.2. The number of epoxide rings is 1. The molecule has 0 radical (unpaired) electrons. The molecule has 1 saturated heterocycles. The highest BCUT2D eigenvalue weighted by molar-refractivity contribution is 7.86. The van der Waals surface area contributed by atoms with Crippen LogP contribution >= 0.6 is 0 Å². The lowest BCUT2D eigenvalue weighted by molar-refractivity contribution is -0.140. The number of rotatable bonds is 10. The van der Waals surface area contributed by atoms with Gasteiger partial charge in [-0.1, -0.05) is 33.1 Å². The fourth-order valence-corrected chi connectivity index (χ4v) is 1.41. The van der Waals surface area contributed by atoms with Crippen LogP contribution in [0.5, 0.6) is 0 Å². The predicted octanol–water partition coefficient (Wildman–Crippen LogP) is 2.75. The smallest absolute Gasteiger partial charge is 0.334 e. The summed E-state index contributed by atoms with van der Waals surface area (Å²) in [5.41, 5.74) is -0.580. The second kappa shape index (κ2) is 16.2. The van der Waals surface area contributed by atoms with Gasteiger partial charge in [-0.25, -0.2) is 14.4 Å². The zero-order valence-electron chi connectivity index (χ0n) is 19.3. The maximum atomic E-state index is 10.7. The van der Waals surface area contributed by atoms with Crippen molar-refractivity contribution in [1.29, 1.82) is 0 Å². The Morgan fingerprint density at radius 2 is 1.44 bits per heavy atom. The molecule has 11 heteroatoms. The van der Waals surface area contributed by atoms with Crippen molar-refractivity contribution in [3.05, 3.63) is 36.5 Å². The first-order valence-electron chi connectivity index (χ1n) is 9.73. The molecule has 0 spiro atoms. The molecule has 2 atom stereocenters. The molecule has 0 aromatic heterocycles. The minimum atomic E-state index is -4.32. The number of unbranched alkanes of at least 4 members (excludes halogenated alkanes) is 1. The molecule has 1 heterocycles. The topological polar surface area (TPSA) is 146 Å². The van der Waals surface area contributed by atoms with Gasteiger partial charge in [-0.05, 0) is 34.1 Å². The Hall–Kier alpha value is -2.50. The largest absolute Gasteiger partial charge is 0.462 e. The van der Waals surface area contributed by atoms with Gasteiger partial charge in [0, 0.05) is 16.7 Å². The summed E-state index contributed by atoms with van der Waals surface area (Å²) in [5.74, 6) is -1.47. The summed E-state index contributed by atoms with van der Waals surface area (Å²) in [5, 5.41) is 0. The molecular formula is C21H34O10S. The van der Waals surface area contributed by atoms with Crippen LogP contribution in [0.4, 0.5) is 0 Å². The molecule has 0 aromatic rings. The van der Waals surface area contributed by atoms with Crippen molar-refractivity contribution in [2.24, 2.45) is 0 Å². The zero-order valence-corrected chi connectivity index (χ0v) is 20.2. The maximum absolute atomic E-state index is 10.7. The number of carbonyl (C=O) groups is 3. The fourth-order valence-electron chi connectivity index (χ4n) is 1.20. The van der Waals surface area contributed by atoms with Crippen LogP contribution in [0.1, 0.15) is 47.5 Å². The highest BCUT2D eigenvalue weighted by Gasteiger charge is 2.24. The summed E-state index contributed by atoms with van der Waals surface area (Å²) in [6.07, 6.45) is 2.12. The SMILES string of the molecule is C=C(C)C(=O)OC(C)S(=O)(=O)O.C=C(C)C(=O)OCC1CO1.C=C(C)C(=O)OCCCC. The van der Waals surface area contributed by atoms with Crippen LogP contribution in [0.2, 0.25) is 0 Å². The maximum Gasteiger partial charge on any atom is 0.334 e. The molecule has 0 aliphatic carbocycles. The summed E-state index contributed by atoms with van der Waals surface area (Å²) in [4.78, 5) is 32.1. The van der Waals surface area contributed by atoms with Crippen LogP contribution in [0, 0.1) is 0 Å². The van der Waals surface area contributed by atoms with Crippen molar-refractivity contribution in [3.63, 3.8) is 0 Å². The highest BCUT2D eigenvalue weighted by Crippen LogP contribution is 2.09. The van der Waals surface area contributed by atoms with Crippen molar-refractivity contribution >= 4 is 28.0 Å². The molecule has 1 rings (SSSR count). The molecule has 0 aromatic carbocycles. The van der Waals surface area contributed by atoms with Gasteiger partial charge >= 0.3 is 28.0 Å². The van der Waals surface area contributed by atoms with Gasteiger partial charge in [-0.15, -0.1) is 0 Å². The Labute approximate surface area is 190 Å². The normalized spacial score (nSPS) is 14.8. The molecule has 1 N–H and O–H groups in total. The zero-order chi connectivity index (χ0) is 25.5. The Morgan fingerprint density at radius 3 is 1.78 bits per heavy atom. The molecule has 10 nitrogen and oxygen atoms in total. The first-order valence-corrected chi connectivity index (χ1v) is 11.2. The lowest BCUT2D eigenvalue weighted by Crippen LogP contribution is -2.23. The van der Waals surface area contributed by atoms with E-state index in [0.717, 1.165) is 19.8 Å². The summed E-state index contributed by atoms with van der Waals surface area (Å²) < 4.78 is 47.8. The van der Waals surface area contributed by atoms with E-state index in [9.17, 15) is 22.8 Å². The molecule has 1 aliphatic heterocycles.